The van der Waals surface area contributed by atoms with Crippen LogP contribution in [0.25, 0.3) is 28.2 Å². The minimum Gasteiger partial charge on any atom is -0.485 e. The molecule has 2 saturated heterocycles. The van der Waals surface area contributed by atoms with Gasteiger partial charge < -0.3 is 24.0 Å². The summed E-state index contributed by atoms with van der Waals surface area (Å²) in [4.78, 5) is 22.4. The number of rotatable bonds is 8. The summed E-state index contributed by atoms with van der Waals surface area (Å²) in [5.41, 5.74) is 4.27. The van der Waals surface area contributed by atoms with Gasteiger partial charge in [-0.1, -0.05) is 40.5 Å². The molecule has 220 valence electrons. The van der Waals surface area contributed by atoms with Crippen molar-refractivity contribution in [1.29, 1.82) is 0 Å². The lowest BCUT2D eigenvalue weighted by molar-refractivity contribution is -0.0791. The Kier molecular flexibility index (Phi) is 6.40. The molecule has 0 radical (unpaired) electrons. The van der Waals surface area contributed by atoms with E-state index in [1.807, 2.05) is 12.1 Å². The van der Waals surface area contributed by atoms with Gasteiger partial charge in [0.1, 0.15) is 23.3 Å². The van der Waals surface area contributed by atoms with Crippen LogP contribution < -0.4 is 9.64 Å². The number of halogens is 2. The number of carboxylic acids is 1. The number of benzene rings is 1. The van der Waals surface area contributed by atoms with Crippen LogP contribution in [-0.4, -0.2) is 58.6 Å². The van der Waals surface area contributed by atoms with Crippen molar-refractivity contribution < 1.29 is 23.9 Å². The summed E-state index contributed by atoms with van der Waals surface area (Å²) in [7, 11) is 0. The van der Waals surface area contributed by atoms with Crippen LogP contribution in [-0.2, 0) is 4.74 Å². The van der Waals surface area contributed by atoms with Crippen molar-refractivity contribution >= 4 is 51.8 Å². The summed E-state index contributed by atoms with van der Waals surface area (Å²) >= 11 is 12.9. The molecule has 1 spiro atoms. The second-order valence-corrected chi connectivity index (χ2v) is 13.0. The van der Waals surface area contributed by atoms with Gasteiger partial charge in [0.2, 0.25) is 0 Å². The Morgan fingerprint density at radius 3 is 2.56 bits per heavy atom. The molecule has 11 heteroatoms. The molecule has 4 fully saturated rings. The van der Waals surface area contributed by atoms with Crippen LogP contribution in [0.4, 0.5) is 5.69 Å². The lowest BCUT2D eigenvalue weighted by Crippen LogP contribution is -2.62. The van der Waals surface area contributed by atoms with Gasteiger partial charge in [-0.25, -0.2) is 9.78 Å². The number of hydrogen-bond acceptors (Lipinski definition) is 8. The average molecular weight is 620 g/mol. The van der Waals surface area contributed by atoms with E-state index in [2.05, 4.69) is 38.2 Å². The number of fused-ring (bicyclic) bond motifs is 1. The minimum absolute atomic E-state index is 0.0264. The van der Waals surface area contributed by atoms with Gasteiger partial charge in [0.25, 0.3) is 0 Å². The summed E-state index contributed by atoms with van der Waals surface area (Å²) in [6.45, 7) is 2.96. The largest absolute Gasteiger partial charge is 0.485 e. The fourth-order valence-corrected chi connectivity index (χ4v) is 7.15. The fourth-order valence-electron chi connectivity index (χ4n) is 6.60. The molecule has 0 atom stereocenters. The van der Waals surface area contributed by atoms with E-state index in [9.17, 15) is 9.90 Å². The van der Waals surface area contributed by atoms with Crippen LogP contribution in [0.5, 0.6) is 5.75 Å². The number of hydrogen-bond donors (Lipinski definition) is 1. The van der Waals surface area contributed by atoms with E-state index in [-0.39, 0.29) is 11.8 Å². The molecular formula is C32H28Cl2N4O5. The average Bonchev–Trinajstić information content (AvgIpc) is 3.68. The van der Waals surface area contributed by atoms with E-state index in [1.54, 1.807) is 12.4 Å². The summed E-state index contributed by atoms with van der Waals surface area (Å²) in [6, 6.07) is 7.48. The molecule has 2 aliphatic heterocycles. The maximum atomic E-state index is 11.6. The number of nitrogens with zero attached hydrogens (tertiary/aromatic N) is 4. The highest BCUT2D eigenvalue weighted by Crippen LogP contribution is 2.54. The topological polar surface area (TPSA) is 111 Å². The Morgan fingerprint density at radius 1 is 1.12 bits per heavy atom. The van der Waals surface area contributed by atoms with Crippen molar-refractivity contribution in [2.75, 3.05) is 31.2 Å². The number of aromatic nitrogens is 3. The van der Waals surface area contributed by atoms with E-state index in [0.29, 0.717) is 63.0 Å². The summed E-state index contributed by atoms with van der Waals surface area (Å²) < 4.78 is 17.1. The number of anilines is 1. The van der Waals surface area contributed by atoms with Gasteiger partial charge in [-0.3, -0.25) is 4.98 Å². The summed E-state index contributed by atoms with van der Waals surface area (Å²) in [5.74, 6) is 1.24. The van der Waals surface area contributed by atoms with E-state index >= 15 is 0 Å². The Bertz CT molecular complexity index is 1760. The smallest absolute Gasteiger partial charge is 0.354 e. The van der Waals surface area contributed by atoms with Crippen molar-refractivity contribution in [3.8, 4) is 17.0 Å². The van der Waals surface area contributed by atoms with Crippen LogP contribution in [0.15, 0.2) is 47.3 Å². The van der Waals surface area contributed by atoms with Crippen molar-refractivity contribution in [3.05, 3.63) is 69.8 Å². The zero-order valence-corrected chi connectivity index (χ0v) is 24.6. The lowest BCUT2D eigenvalue weighted by Gasteiger charge is -2.59. The van der Waals surface area contributed by atoms with Gasteiger partial charge in [0, 0.05) is 65.1 Å². The molecule has 43 heavy (non-hydrogen) atoms. The second kappa shape index (κ2) is 10.2. The molecule has 5 heterocycles. The zero-order chi connectivity index (χ0) is 29.3. The maximum Gasteiger partial charge on any atom is 0.354 e. The molecular weight excluding hydrogens is 591 g/mol. The second-order valence-electron chi connectivity index (χ2n) is 12.2. The molecule has 4 aromatic rings. The molecule has 9 nitrogen and oxygen atoms in total. The van der Waals surface area contributed by atoms with Crippen LogP contribution in [0.1, 0.15) is 53.4 Å². The Labute approximate surface area is 257 Å². The minimum atomic E-state index is -1.08. The third-order valence-electron chi connectivity index (χ3n) is 9.01. The van der Waals surface area contributed by atoms with E-state index in [1.165, 1.54) is 6.07 Å². The summed E-state index contributed by atoms with van der Waals surface area (Å²) in [5, 5.41) is 15.6. The molecule has 2 aliphatic carbocycles. The van der Waals surface area contributed by atoms with Crippen LogP contribution >= 0.6 is 23.2 Å². The van der Waals surface area contributed by atoms with Gasteiger partial charge in [-0.05, 0) is 49.8 Å². The number of aromatic carboxylic acids is 1. The highest BCUT2D eigenvalue weighted by atomic mass is 35.5. The van der Waals surface area contributed by atoms with Crippen molar-refractivity contribution in [2.24, 2.45) is 11.3 Å². The van der Waals surface area contributed by atoms with Crippen LogP contribution in [0.3, 0.4) is 0 Å². The standard InChI is InChI=1S/C32H28Cl2N4O5/c33-23-11-35-12-24(34)28(23)29-21(30(43-37-29)18-2-3-18)5-1-17-9-32(10-17)15-38(16-32)19-4-6-25-22(7-19)27(42-20-13-41-14-20)8-26(36-25)31(39)40/h1,4-8,11-12,17-18,20H,2-3,9-10,13-16H2,(H,39,40). The van der Waals surface area contributed by atoms with E-state index in [0.717, 1.165) is 61.2 Å². The normalized spacial score (nSPS) is 19.9. The molecule has 4 aliphatic rings. The Hall–Kier alpha value is -3.66. The lowest BCUT2D eigenvalue weighted by atomic mass is 9.57. The maximum absolute atomic E-state index is 11.6. The van der Waals surface area contributed by atoms with Gasteiger partial charge in [0.05, 0.1) is 28.8 Å². The number of ether oxygens (including phenoxy) is 2. The Balaban J connectivity index is 0.971. The quantitative estimate of drug-likeness (QED) is 0.226. The molecule has 1 aromatic carbocycles. The van der Waals surface area contributed by atoms with Gasteiger partial charge in [-0.2, -0.15) is 0 Å². The first kappa shape index (κ1) is 26.9. The number of carboxylic acid groups (broad SMARTS) is 1. The van der Waals surface area contributed by atoms with Crippen LogP contribution in [0, 0.1) is 11.3 Å². The summed E-state index contributed by atoms with van der Waals surface area (Å²) in [6.07, 6.45) is 12.0. The molecule has 8 rings (SSSR count). The highest BCUT2D eigenvalue weighted by molar-refractivity contribution is 6.39. The molecule has 3 aromatic heterocycles. The third kappa shape index (κ3) is 4.83. The number of allylic oxidation sites excluding steroid dienone is 1. The van der Waals surface area contributed by atoms with Gasteiger partial charge in [0.15, 0.2) is 5.69 Å². The Morgan fingerprint density at radius 2 is 1.88 bits per heavy atom. The van der Waals surface area contributed by atoms with E-state index in [4.69, 9.17) is 37.2 Å². The van der Waals surface area contributed by atoms with Gasteiger partial charge in [-0.15, -0.1) is 0 Å². The molecule has 0 amide bonds. The van der Waals surface area contributed by atoms with Crippen LogP contribution in [0.2, 0.25) is 10.0 Å². The molecule has 0 unspecified atom stereocenters. The van der Waals surface area contributed by atoms with Gasteiger partial charge >= 0.3 is 5.97 Å². The predicted octanol–water partition coefficient (Wildman–Crippen LogP) is 6.87. The predicted molar refractivity (Wildman–Crippen MR) is 162 cm³/mol. The molecule has 0 bridgehead atoms. The third-order valence-corrected chi connectivity index (χ3v) is 9.59. The molecule has 2 saturated carbocycles. The first-order valence-corrected chi connectivity index (χ1v) is 15.3. The fraction of sp³-hybridized carbons (Fsp3) is 0.375. The first-order chi connectivity index (χ1) is 20.9. The number of carbonyl (C=O) groups is 1. The van der Waals surface area contributed by atoms with E-state index < -0.39 is 5.97 Å². The zero-order valence-electron chi connectivity index (χ0n) is 23.1. The molecule has 1 N–H and O–H groups in total. The monoisotopic (exact) mass is 618 g/mol. The first-order valence-electron chi connectivity index (χ1n) is 14.5. The highest BCUT2D eigenvalue weighted by Gasteiger charge is 2.51. The SMILES string of the molecule is O=C(O)c1cc(OC2COC2)c2cc(N3CC4(CC(C=Cc5c(-c6c(Cl)cncc6Cl)noc5C5CC5)C4)C3)ccc2n1. The number of pyridine rings is 2. The van der Waals surface area contributed by atoms with Crippen molar-refractivity contribution in [2.45, 2.75) is 37.7 Å². The van der Waals surface area contributed by atoms with Crippen molar-refractivity contribution in [3.63, 3.8) is 0 Å². The van der Waals surface area contributed by atoms with Crippen molar-refractivity contribution in [1.82, 2.24) is 15.1 Å².